The van der Waals surface area contributed by atoms with E-state index in [1.807, 2.05) is 39.0 Å². The highest BCUT2D eigenvalue weighted by atomic mass is 32.2. The Kier molecular flexibility index (Phi) is 11.0. The minimum atomic E-state index is -3.60. The molecule has 0 aliphatic rings. The van der Waals surface area contributed by atoms with Crippen molar-refractivity contribution in [2.24, 2.45) is 0 Å². The number of nitrogens with one attached hydrogen (secondary N) is 1. The Morgan fingerprint density at radius 1 is 0.943 bits per heavy atom. The fraction of sp³-hybridized carbons (Fsp3) is 0.440. The minimum Gasteiger partial charge on any atom is -0.494 e. The van der Waals surface area contributed by atoms with Crippen LogP contribution in [0.5, 0.6) is 17.2 Å². The van der Waals surface area contributed by atoms with Gasteiger partial charge in [-0.3, -0.25) is 13.8 Å². The number of rotatable bonds is 15. The molecule has 2 rings (SSSR count). The van der Waals surface area contributed by atoms with Gasteiger partial charge in [-0.25, -0.2) is 0 Å². The quantitative estimate of drug-likeness (QED) is 0.168. The van der Waals surface area contributed by atoms with Gasteiger partial charge in [0.25, 0.3) is 16.0 Å². The first-order chi connectivity index (χ1) is 16.7. The second kappa shape index (κ2) is 13.7. The van der Waals surface area contributed by atoms with Gasteiger partial charge >= 0.3 is 0 Å². The van der Waals surface area contributed by atoms with Crippen molar-refractivity contribution >= 4 is 28.0 Å². The van der Waals surface area contributed by atoms with Gasteiger partial charge in [0.2, 0.25) is 6.29 Å². The van der Waals surface area contributed by atoms with Crippen LogP contribution < -0.4 is 19.5 Å². The first-order valence-corrected chi connectivity index (χ1v) is 13.0. The summed E-state index contributed by atoms with van der Waals surface area (Å²) in [6.45, 7) is 6.94. The molecule has 0 radical (unpaired) electrons. The van der Waals surface area contributed by atoms with Crippen LogP contribution in [0.4, 0.5) is 5.69 Å². The Hall–Kier alpha value is -3.11. The van der Waals surface area contributed by atoms with Gasteiger partial charge in [-0.15, -0.1) is 0 Å². The third-order valence-electron chi connectivity index (χ3n) is 5.05. The van der Waals surface area contributed by atoms with Crippen molar-refractivity contribution in [3.8, 4) is 17.2 Å². The molecule has 1 N–H and O–H groups in total. The predicted octanol–water partition coefficient (Wildman–Crippen LogP) is 3.52. The lowest BCUT2D eigenvalue weighted by Crippen LogP contribution is -2.15. The number of hydrogen-bond acceptors (Lipinski definition) is 8. The summed E-state index contributed by atoms with van der Waals surface area (Å²) in [5.41, 5.74) is 3.22. The van der Waals surface area contributed by atoms with Gasteiger partial charge in [-0.1, -0.05) is 6.92 Å². The van der Waals surface area contributed by atoms with E-state index in [-0.39, 0.29) is 25.1 Å². The Morgan fingerprint density at radius 2 is 1.60 bits per heavy atom. The molecule has 0 fully saturated rings. The van der Waals surface area contributed by atoms with Crippen LogP contribution in [0.1, 0.15) is 43.9 Å². The van der Waals surface area contributed by atoms with Crippen LogP contribution in [0.15, 0.2) is 30.3 Å². The smallest absolute Gasteiger partial charge is 0.288 e. The number of hydrogen-bond donors (Lipinski definition) is 1. The number of amides is 1. The van der Waals surface area contributed by atoms with Gasteiger partial charge in [0.05, 0.1) is 38.4 Å². The van der Waals surface area contributed by atoms with Crippen molar-refractivity contribution in [3.63, 3.8) is 0 Å². The summed E-state index contributed by atoms with van der Waals surface area (Å²) in [7, 11) is -2.50. The molecule has 0 aliphatic carbocycles. The van der Waals surface area contributed by atoms with Crippen molar-refractivity contribution < 1.29 is 36.4 Å². The van der Waals surface area contributed by atoms with Crippen LogP contribution in [0.3, 0.4) is 0 Å². The molecular formula is C25H33NO8S. The lowest BCUT2D eigenvalue weighted by Gasteiger charge is -2.17. The standard InChI is InChI=1S/C25H33NO8S/c1-5-19-14-23(26-25(28)17-27)24(34-9-8-10-35(29,30)31-4)15-20(19)11-18-12-21(32-6-2)16-22(13-18)33-7-3/h12-17H,5-11H2,1-4H3,(H,26,28). The average Bonchev–Trinajstić information content (AvgIpc) is 2.83. The predicted molar refractivity (Wildman–Crippen MR) is 133 cm³/mol. The Labute approximate surface area is 206 Å². The fourth-order valence-electron chi connectivity index (χ4n) is 3.49. The van der Waals surface area contributed by atoms with Crippen LogP contribution in [-0.4, -0.2) is 53.3 Å². The molecular weight excluding hydrogens is 474 g/mol. The number of anilines is 1. The van der Waals surface area contributed by atoms with Crippen molar-refractivity contribution in [1.82, 2.24) is 0 Å². The molecule has 0 unspecified atom stereocenters. The van der Waals surface area contributed by atoms with Crippen molar-refractivity contribution in [3.05, 3.63) is 47.0 Å². The van der Waals surface area contributed by atoms with Crippen LogP contribution in [0.2, 0.25) is 0 Å². The van der Waals surface area contributed by atoms with E-state index in [0.29, 0.717) is 49.0 Å². The van der Waals surface area contributed by atoms with E-state index in [0.717, 1.165) is 23.8 Å². The van der Waals surface area contributed by atoms with E-state index in [1.54, 1.807) is 12.1 Å². The maximum absolute atomic E-state index is 11.7. The molecule has 0 saturated heterocycles. The Bertz CT molecular complexity index is 1090. The van der Waals surface area contributed by atoms with Crippen LogP contribution in [-0.2, 0) is 36.7 Å². The maximum Gasteiger partial charge on any atom is 0.288 e. The number of aldehydes is 1. The number of benzene rings is 2. The highest BCUT2D eigenvalue weighted by Crippen LogP contribution is 2.32. The molecule has 192 valence electrons. The van der Waals surface area contributed by atoms with Crippen LogP contribution >= 0.6 is 0 Å². The zero-order chi connectivity index (χ0) is 25.8. The Morgan fingerprint density at radius 3 is 2.14 bits per heavy atom. The lowest BCUT2D eigenvalue weighted by atomic mass is 9.96. The summed E-state index contributed by atoms with van der Waals surface area (Å²) in [6.07, 6.45) is 1.59. The van der Waals surface area contributed by atoms with Crippen LogP contribution in [0.25, 0.3) is 0 Å². The van der Waals surface area contributed by atoms with Crippen molar-refractivity contribution in [2.45, 2.75) is 40.0 Å². The normalized spacial score (nSPS) is 11.1. The number of ether oxygens (including phenoxy) is 3. The van der Waals surface area contributed by atoms with Crippen molar-refractivity contribution in [1.29, 1.82) is 0 Å². The average molecular weight is 508 g/mol. The first-order valence-electron chi connectivity index (χ1n) is 11.5. The lowest BCUT2D eigenvalue weighted by molar-refractivity contribution is -0.127. The van der Waals surface area contributed by atoms with Gasteiger partial charge in [0.1, 0.15) is 17.2 Å². The molecule has 35 heavy (non-hydrogen) atoms. The Balaban J connectivity index is 2.38. The van der Waals surface area contributed by atoms with E-state index >= 15 is 0 Å². The first kappa shape index (κ1) is 28.1. The topological polar surface area (TPSA) is 117 Å². The molecule has 1 amide bonds. The number of carbonyl (C=O) groups is 2. The molecule has 0 heterocycles. The van der Waals surface area contributed by atoms with E-state index in [4.69, 9.17) is 14.2 Å². The summed E-state index contributed by atoms with van der Waals surface area (Å²) in [5, 5.41) is 2.53. The molecule has 10 heteroatoms. The monoisotopic (exact) mass is 507 g/mol. The zero-order valence-corrected chi connectivity index (χ0v) is 21.4. The van der Waals surface area contributed by atoms with Gasteiger partial charge in [-0.05, 0) is 74.1 Å². The summed E-state index contributed by atoms with van der Waals surface area (Å²) in [4.78, 5) is 22.6. The molecule has 2 aromatic rings. The highest BCUT2D eigenvalue weighted by Gasteiger charge is 2.15. The second-order valence-electron chi connectivity index (χ2n) is 7.56. The molecule has 0 bridgehead atoms. The largest absolute Gasteiger partial charge is 0.494 e. The molecule has 0 aliphatic heterocycles. The fourth-order valence-corrected chi connectivity index (χ4v) is 4.13. The van der Waals surface area contributed by atoms with Crippen molar-refractivity contribution in [2.75, 3.05) is 38.0 Å². The SMILES string of the molecule is CCOc1cc(Cc2cc(OCCCS(=O)(=O)OC)c(NC(=O)C=O)cc2CC)cc(OCC)c1. The van der Waals surface area contributed by atoms with Gasteiger partial charge in [-0.2, -0.15) is 8.42 Å². The highest BCUT2D eigenvalue weighted by molar-refractivity contribution is 7.86. The molecule has 2 aromatic carbocycles. The summed E-state index contributed by atoms with van der Waals surface area (Å²) >= 11 is 0. The number of carbonyl (C=O) groups excluding carboxylic acids is 2. The zero-order valence-electron chi connectivity index (χ0n) is 20.6. The van der Waals surface area contributed by atoms with E-state index in [9.17, 15) is 18.0 Å². The summed E-state index contributed by atoms with van der Waals surface area (Å²) in [6, 6.07) is 9.32. The molecule has 0 atom stereocenters. The minimum absolute atomic E-state index is 0.0752. The number of aryl methyl sites for hydroxylation is 1. The van der Waals surface area contributed by atoms with Gasteiger partial charge in [0, 0.05) is 6.07 Å². The molecule has 0 saturated carbocycles. The van der Waals surface area contributed by atoms with E-state index < -0.39 is 16.0 Å². The van der Waals surface area contributed by atoms with Crippen LogP contribution in [0, 0.1) is 0 Å². The summed E-state index contributed by atoms with van der Waals surface area (Å²) in [5.74, 6) is 0.740. The van der Waals surface area contributed by atoms with Gasteiger partial charge in [0.15, 0.2) is 0 Å². The van der Waals surface area contributed by atoms with E-state index in [2.05, 4.69) is 9.50 Å². The third kappa shape index (κ3) is 8.88. The third-order valence-corrected chi connectivity index (χ3v) is 6.35. The summed E-state index contributed by atoms with van der Waals surface area (Å²) < 4.78 is 44.8. The molecule has 0 aromatic heterocycles. The van der Waals surface area contributed by atoms with E-state index in [1.165, 1.54) is 0 Å². The maximum atomic E-state index is 11.7. The molecule has 0 spiro atoms. The second-order valence-corrected chi connectivity index (χ2v) is 9.42. The van der Waals surface area contributed by atoms with Gasteiger partial charge < -0.3 is 19.5 Å². The molecule has 9 nitrogen and oxygen atoms in total.